The Hall–Kier alpha value is -2.87. The van der Waals surface area contributed by atoms with Crippen LogP contribution in [0.1, 0.15) is 87.5 Å². The van der Waals surface area contributed by atoms with Gasteiger partial charge in [0.05, 0.1) is 10.9 Å². The summed E-state index contributed by atoms with van der Waals surface area (Å²) in [5, 5.41) is 3.89. The van der Waals surface area contributed by atoms with E-state index in [9.17, 15) is 0 Å². The second-order valence-corrected chi connectivity index (χ2v) is 12.2. The highest BCUT2D eigenvalue weighted by Crippen LogP contribution is 2.50. The fourth-order valence-electron chi connectivity index (χ4n) is 6.54. The molecular formula is C33H38NO+. The molecule has 0 unspecified atom stereocenters. The number of benzene rings is 3. The third-order valence-electron chi connectivity index (χ3n) is 8.97. The summed E-state index contributed by atoms with van der Waals surface area (Å²) < 4.78 is 9.17. The quantitative estimate of drug-likeness (QED) is 0.238. The van der Waals surface area contributed by atoms with Crippen LogP contribution in [0.25, 0.3) is 32.9 Å². The van der Waals surface area contributed by atoms with Gasteiger partial charge in [0.25, 0.3) is 5.69 Å². The Bertz CT molecular complexity index is 1500. The molecule has 0 amide bonds. The molecule has 1 fully saturated rings. The van der Waals surface area contributed by atoms with Gasteiger partial charge in [-0.15, -0.1) is 0 Å². The van der Waals surface area contributed by atoms with E-state index in [1.807, 2.05) is 0 Å². The minimum Gasteiger partial charge on any atom is -0.450 e. The Morgan fingerprint density at radius 1 is 0.971 bits per heavy atom. The Balaban J connectivity index is 1.61. The van der Waals surface area contributed by atoms with Crippen LogP contribution in [0.2, 0.25) is 0 Å². The van der Waals surface area contributed by atoms with Gasteiger partial charge in [-0.05, 0) is 90.5 Å². The van der Waals surface area contributed by atoms with Crippen LogP contribution in [0, 0.1) is 19.3 Å². The molecular weight excluding hydrogens is 426 g/mol. The van der Waals surface area contributed by atoms with Crippen LogP contribution in [0.3, 0.4) is 0 Å². The smallest absolute Gasteiger partial charge is 0.256 e. The van der Waals surface area contributed by atoms with E-state index in [0.717, 1.165) is 11.5 Å². The van der Waals surface area contributed by atoms with E-state index in [1.165, 1.54) is 80.9 Å². The van der Waals surface area contributed by atoms with Gasteiger partial charge in [-0.1, -0.05) is 52.0 Å². The van der Waals surface area contributed by atoms with Crippen LogP contribution in [0.15, 0.2) is 42.5 Å². The number of rotatable bonds is 2. The van der Waals surface area contributed by atoms with Gasteiger partial charge in [0.1, 0.15) is 12.8 Å². The zero-order valence-electron chi connectivity index (χ0n) is 22.4. The number of ether oxygens (including phenoxy) is 1. The Labute approximate surface area is 209 Å². The van der Waals surface area contributed by atoms with E-state index in [1.54, 1.807) is 0 Å². The molecule has 2 aliphatic rings. The largest absolute Gasteiger partial charge is 0.450 e. The summed E-state index contributed by atoms with van der Waals surface area (Å²) in [5.74, 6) is 3.08. The second kappa shape index (κ2) is 7.82. The lowest BCUT2D eigenvalue weighted by molar-refractivity contribution is -0.633. The first-order valence-corrected chi connectivity index (χ1v) is 13.4. The van der Waals surface area contributed by atoms with Gasteiger partial charge >= 0.3 is 0 Å². The van der Waals surface area contributed by atoms with Crippen molar-refractivity contribution in [1.82, 2.24) is 0 Å². The summed E-state index contributed by atoms with van der Waals surface area (Å²) in [6, 6.07) is 16.2. The zero-order valence-corrected chi connectivity index (χ0v) is 22.4. The van der Waals surface area contributed by atoms with Crippen molar-refractivity contribution in [1.29, 1.82) is 0 Å². The number of fused-ring (bicyclic) bond motifs is 3. The van der Waals surface area contributed by atoms with Crippen molar-refractivity contribution in [2.75, 3.05) is 0 Å². The molecule has 0 N–H and O–H groups in total. The van der Waals surface area contributed by atoms with Gasteiger partial charge in [0.2, 0.25) is 5.52 Å². The van der Waals surface area contributed by atoms with Crippen LogP contribution in [0.5, 0.6) is 11.5 Å². The van der Waals surface area contributed by atoms with Crippen molar-refractivity contribution in [3.8, 4) is 22.8 Å². The van der Waals surface area contributed by atoms with Crippen molar-refractivity contribution in [3.05, 3.63) is 64.7 Å². The van der Waals surface area contributed by atoms with Crippen LogP contribution in [0.4, 0.5) is 0 Å². The predicted octanol–water partition coefficient (Wildman–Crippen LogP) is 9.01. The number of hydrogen-bond acceptors (Lipinski definition) is 1. The Morgan fingerprint density at radius 2 is 1.71 bits per heavy atom. The molecule has 1 saturated carbocycles. The molecule has 35 heavy (non-hydrogen) atoms. The minimum absolute atomic E-state index is 0.459. The van der Waals surface area contributed by atoms with E-state index in [0.29, 0.717) is 17.3 Å². The van der Waals surface area contributed by atoms with E-state index in [-0.39, 0.29) is 0 Å². The van der Waals surface area contributed by atoms with Gasteiger partial charge in [0.15, 0.2) is 5.75 Å². The molecule has 0 bridgehead atoms. The van der Waals surface area contributed by atoms with Crippen molar-refractivity contribution in [3.63, 3.8) is 0 Å². The summed E-state index contributed by atoms with van der Waals surface area (Å²) >= 11 is 0. The van der Waals surface area contributed by atoms with Gasteiger partial charge < -0.3 is 4.74 Å². The normalized spacial score (nSPS) is 17.1. The average Bonchev–Trinajstić information content (AvgIpc) is 2.81. The molecule has 0 saturated heterocycles. The van der Waals surface area contributed by atoms with Crippen LogP contribution >= 0.6 is 0 Å². The third kappa shape index (κ3) is 3.48. The molecule has 2 nitrogen and oxygen atoms in total. The van der Waals surface area contributed by atoms with Gasteiger partial charge in [-0.3, -0.25) is 0 Å². The first-order chi connectivity index (χ1) is 16.6. The first-order valence-electron chi connectivity index (χ1n) is 13.4. The van der Waals surface area contributed by atoms with Crippen molar-refractivity contribution < 1.29 is 9.30 Å². The van der Waals surface area contributed by atoms with Crippen LogP contribution in [-0.2, 0) is 7.05 Å². The Kier molecular flexibility index (Phi) is 5.04. The van der Waals surface area contributed by atoms with E-state index < -0.39 is 0 Å². The predicted molar refractivity (Wildman–Crippen MR) is 147 cm³/mol. The van der Waals surface area contributed by atoms with Crippen molar-refractivity contribution in [2.24, 2.45) is 12.5 Å². The topological polar surface area (TPSA) is 13.1 Å². The molecule has 6 rings (SSSR count). The molecule has 3 aromatic carbocycles. The Morgan fingerprint density at radius 3 is 2.43 bits per heavy atom. The lowest BCUT2D eigenvalue weighted by Gasteiger charge is -2.34. The number of aromatic nitrogens is 1. The minimum atomic E-state index is 0.459. The fraction of sp³-hybridized carbons (Fsp3) is 0.424. The average molecular weight is 465 g/mol. The summed E-state index contributed by atoms with van der Waals surface area (Å²) in [7, 11) is 2.22. The summed E-state index contributed by atoms with van der Waals surface area (Å²) in [6.07, 6.45) is 5.14. The highest BCUT2D eigenvalue weighted by Gasteiger charge is 2.34. The lowest BCUT2D eigenvalue weighted by atomic mass is 9.71. The molecule has 4 aromatic rings. The van der Waals surface area contributed by atoms with E-state index >= 15 is 0 Å². The van der Waals surface area contributed by atoms with E-state index in [4.69, 9.17) is 4.74 Å². The maximum Gasteiger partial charge on any atom is 0.256 e. The third-order valence-corrected chi connectivity index (χ3v) is 8.97. The standard InChI is InChI=1S/C33H38NO/c1-19(2)23-16-24-15-20(3)21(4)30-31(24)28(17-23)35-29-18-26-25(22-11-13-33(5,6)14-12-22)9-8-10-27(26)34(7)32(29)30/h8-10,15-19,22H,11-14H2,1-7H3/q+1. The van der Waals surface area contributed by atoms with Crippen LogP contribution in [-0.4, -0.2) is 0 Å². The SMILES string of the molecule is Cc1cc2cc(C(C)C)cc3c2c(c1C)-c1c(cc2c(C4CCC(C)(C)CC4)cccc2[n+]1C)O3. The molecule has 0 spiro atoms. The maximum absolute atomic E-state index is 6.78. The van der Waals surface area contributed by atoms with Gasteiger partial charge in [0, 0.05) is 17.5 Å². The molecule has 0 atom stereocenters. The van der Waals surface area contributed by atoms with Crippen molar-refractivity contribution in [2.45, 2.75) is 79.1 Å². The molecule has 1 aliphatic heterocycles. The molecule has 1 aromatic heterocycles. The summed E-state index contributed by atoms with van der Waals surface area (Å²) in [4.78, 5) is 0. The number of hydrogen-bond donors (Lipinski definition) is 0. The maximum atomic E-state index is 6.78. The zero-order chi connectivity index (χ0) is 24.6. The first kappa shape index (κ1) is 22.6. The van der Waals surface area contributed by atoms with E-state index in [2.05, 4.69) is 95.6 Å². The number of pyridine rings is 1. The number of aryl methyl sites for hydroxylation is 2. The summed E-state index contributed by atoms with van der Waals surface area (Å²) in [5.41, 5.74) is 9.82. The monoisotopic (exact) mass is 464 g/mol. The lowest BCUT2D eigenvalue weighted by Crippen LogP contribution is -2.34. The molecule has 0 radical (unpaired) electrons. The molecule has 2 heteroatoms. The van der Waals surface area contributed by atoms with Crippen LogP contribution < -0.4 is 9.30 Å². The fourth-order valence-corrected chi connectivity index (χ4v) is 6.54. The molecule has 1 aliphatic carbocycles. The van der Waals surface area contributed by atoms with Gasteiger partial charge in [-0.2, -0.15) is 4.57 Å². The van der Waals surface area contributed by atoms with Gasteiger partial charge in [-0.25, -0.2) is 0 Å². The molecule has 180 valence electrons. The molecule has 2 heterocycles. The highest BCUT2D eigenvalue weighted by atomic mass is 16.5. The second-order valence-electron chi connectivity index (χ2n) is 12.2. The number of nitrogens with zero attached hydrogens (tertiary/aromatic N) is 1. The van der Waals surface area contributed by atoms with Crippen molar-refractivity contribution >= 4 is 21.7 Å². The highest BCUT2D eigenvalue weighted by molar-refractivity contribution is 6.05. The summed E-state index contributed by atoms with van der Waals surface area (Å²) in [6.45, 7) is 13.9.